The fraction of sp³-hybridized carbons (Fsp3) is 0.714. The maximum atomic E-state index is 10.3. The number of β-amino-alcohol motifs (C(OH)–C–C–N with tert-alkyl or cyclic N) is 1. The van der Waals surface area contributed by atoms with Crippen LogP contribution in [0.1, 0.15) is 6.42 Å². The smallest absolute Gasteiger partial charge is 0.310 e. The molecule has 5 heteroatoms. The summed E-state index contributed by atoms with van der Waals surface area (Å²) in [7, 11) is 0. The first-order valence-electron chi connectivity index (χ1n) is 3.85. The van der Waals surface area contributed by atoms with Crippen molar-refractivity contribution in [2.45, 2.75) is 6.42 Å². The van der Waals surface area contributed by atoms with Crippen LogP contribution in [0.3, 0.4) is 0 Å². The van der Waals surface area contributed by atoms with Crippen LogP contribution in [0.4, 0.5) is 0 Å². The van der Waals surface area contributed by atoms with Gasteiger partial charge in [-0.1, -0.05) is 0 Å². The van der Waals surface area contributed by atoms with Crippen molar-refractivity contribution in [3.05, 3.63) is 0 Å². The molecular weight excluding hydrogens is 160 g/mol. The lowest BCUT2D eigenvalue weighted by Gasteiger charge is -2.17. The van der Waals surface area contributed by atoms with Gasteiger partial charge in [0.05, 0.1) is 13.2 Å². The number of aliphatic hydroxyl groups excluding tert-OH is 1. The van der Waals surface area contributed by atoms with Gasteiger partial charge in [0.2, 0.25) is 0 Å². The van der Waals surface area contributed by atoms with Gasteiger partial charge < -0.3 is 15.1 Å². The average Bonchev–Trinajstić information content (AvgIpc) is 2.37. The summed E-state index contributed by atoms with van der Waals surface area (Å²) in [6.07, 6.45) is -0.0417. The Morgan fingerprint density at radius 2 is 2.42 bits per heavy atom. The zero-order valence-corrected chi connectivity index (χ0v) is 6.73. The van der Waals surface area contributed by atoms with Gasteiger partial charge in [-0.05, 0) is 0 Å². The summed E-state index contributed by atoms with van der Waals surface area (Å²) in [6, 6.07) is 0. The number of nitrogens with zero attached hydrogens (tertiary/aromatic N) is 2. The van der Waals surface area contributed by atoms with E-state index in [4.69, 9.17) is 10.2 Å². The fourth-order valence-corrected chi connectivity index (χ4v) is 1.19. The molecule has 0 aromatic carbocycles. The summed E-state index contributed by atoms with van der Waals surface area (Å²) in [5.41, 5.74) is 0. The molecule has 0 aromatic rings. The van der Waals surface area contributed by atoms with E-state index >= 15 is 0 Å². The Kier molecular flexibility index (Phi) is 3.04. The van der Waals surface area contributed by atoms with Gasteiger partial charge in [-0.25, -0.2) is 0 Å². The quantitative estimate of drug-likeness (QED) is 0.580. The number of aliphatic carboxylic acids is 1. The Balaban J connectivity index is 2.45. The second kappa shape index (κ2) is 4.06. The summed E-state index contributed by atoms with van der Waals surface area (Å²) in [6.45, 7) is 1.89. The van der Waals surface area contributed by atoms with E-state index < -0.39 is 5.97 Å². The van der Waals surface area contributed by atoms with E-state index in [0.29, 0.717) is 18.9 Å². The lowest BCUT2D eigenvalue weighted by Crippen LogP contribution is -2.31. The van der Waals surface area contributed by atoms with E-state index in [0.717, 1.165) is 6.54 Å². The molecule has 0 saturated carbocycles. The van der Waals surface area contributed by atoms with E-state index in [1.807, 2.05) is 0 Å². The molecule has 68 valence electrons. The highest BCUT2D eigenvalue weighted by molar-refractivity contribution is 5.97. The van der Waals surface area contributed by atoms with Crippen LogP contribution in [0.15, 0.2) is 4.99 Å². The molecule has 0 atom stereocenters. The van der Waals surface area contributed by atoms with Gasteiger partial charge in [-0.2, -0.15) is 0 Å². The monoisotopic (exact) mass is 172 g/mol. The highest BCUT2D eigenvalue weighted by Gasteiger charge is 2.18. The van der Waals surface area contributed by atoms with Crippen LogP contribution in [0.2, 0.25) is 0 Å². The zero-order chi connectivity index (χ0) is 8.97. The lowest BCUT2D eigenvalue weighted by molar-refractivity contribution is -0.135. The van der Waals surface area contributed by atoms with Gasteiger partial charge in [0.25, 0.3) is 0 Å². The van der Waals surface area contributed by atoms with Crippen LogP contribution < -0.4 is 0 Å². The molecule has 0 aromatic heterocycles. The van der Waals surface area contributed by atoms with Crippen molar-refractivity contribution in [2.24, 2.45) is 4.99 Å². The Bertz CT molecular complexity index is 203. The molecule has 0 amide bonds. The molecule has 1 aliphatic heterocycles. The molecule has 1 aliphatic rings. The van der Waals surface area contributed by atoms with E-state index in [9.17, 15) is 4.79 Å². The van der Waals surface area contributed by atoms with Gasteiger partial charge in [-0.3, -0.25) is 9.79 Å². The minimum atomic E-state index is -0.876. The molecule has 0 fully saturated rings. The second-order valence-electron chi connectivity index (χ2n) is 2.58. The van der Waals surface area contributed by atoms with Gasteiger partial charge in [0, 0.05) is 13.1 Å². The molecule has 0 bridgehead atoms. The Morgan fingerprint density at radius 1 is 1.67 bits per heavy atom. The molecule has 0 saturated heterocycles. The Hall–Kier alpha value is -1.10. The Morgan fingerprint density at radius 3 is 3.00 bits per heavy atom. The highest BCUT2D eigenvalue weighted by Crippen LogP contribution is 2.03. The predicted molar refractivity (Wildman–Crippen MR) is 43.2 cm³/mol. The first kappa shape index (κ1) is 8.99. The third kappa shape index (κ3) is 2.20. The number of carboxylic acid groups (broad SMARTS) is 1. The third-order valence-electron chi connectivity index (χ3n) is 1.71. The van der Waals surface area contributed by atoms with Crippen LogP contribution in [0, 0.1) is 0 Å². The molecule has 0 radical (unpaired) electrons. The predicted octanol–water partition coefficient (Wildman–Crippen LogP) is -0.833. The van der Waals surface area contributed by atoms with Crippen LogP contribution in [0.5, 0.6) is 0 Å². The summed E-state index contributed by atoms with van der Waals surface area (Å²) in [5, 5.41) is 17.1. The van der Waals surface area contributed by atoms with Crippen LogP contribution in [0.25, 0.3) is 0 Å². The van der Waals surface area contributed by atoms with Crippen molar-refractivity contribution in [1.82, 2.24) is 4.90 Å². The molecule has 12 heavy (non-hydrogen) atoms. The normalized spacial score (nSPS) is 16.4. The van der Waals surface area contributed by atoms with Crippen molar-refractivity contribution >= 4 is 11.8 Å². The summed E-state index contributed by atoms with van der Waals surface area (Å²) in [4.78, 5) is 16.2. The maximum absolute atomic E-state index is 10.3. The van der Waals surface area contributed by atoms with Crippen molar-refractivity contribution < 1.29 is 15.0 Å². The van der Waals surface area contributed by atoms with E-state index in [-0.39, 0.29) is 13.0 Å². The average molecular weight is 172 g/mol. The SMILES string of the molecule is O=C(O)CC1=NCCN1CCO. The number of hydrogen-bond donors (Lipinski definition) is 2. The molecule has 0 spiro atoms. The first-order valence-corrected chi connectivity index (χ1v) is 3.85. The lowest BCUT2D eigenvalue weighted by atomic mass is 10.3. The number of rotatable bonds is 4. The first-order chi connectivity index (χ1) is 5.74. The van der Waals surface area contributed by atoms with E-state index in [2.05, 4.69) is 4.99 Å². The molecular formula is C7H12N2O3. The number of carboxylic acids is 1. The second-order valence-corrected chi connectivity index (χ2v) is 2.58. The van der Waals surface area contributed by atoms with Crippen LogP contribution in [-0.2, 0) is 4.79 Å². The third-order valence-corrected chi connectivity index (χ3v) is 1.71. The summed E-state index contributed by atoms with van der Waals surface area (Å²) < 4.78 is 0. The maximum Gasteiger partial charge on any atom is 0.310 e. The highest BCUT2D eigenvalue weighted by atomic mass is 16.4. The minimum Gasteiger partial charge on any atom is -0.481 e. The largest absolute Gasteiger partial charge is 0.481 e. The fourth-order valence-electron chi connectivity index (χ4n) is 1.19. The summed E-state index contributed by atoms with van der Waals surface area (Å²) in [5.74, 6) is -0.296. The Labute approximate surface area is 70.3 Å². The van der Waals surface area contributed by atoms with Crippen LogP contribution >= 0.6 is 0 Å². The van der Waals surface area contributed by atoms with E-state index in [1.54, 1.807) is 4.90 Å². The van der Waals surface area contributed by atoms with Gasteiger partial charge in [0.1, 0.15) is 12.3 Å². The molecule has 5 nitrogen and oxygen atoms in total. The van der Waals surface area contributed by atoms with Crippen molar-refractivity contribution in [2.75, 3.05) is 26.2 Å². The summed E-state index contributed by atoms with van der Waals surface area (Å²) >= 11 is 0. The molecule has 2 N–H and O–H groups in total. The molecule has 0 aliphatic carbocycles. The molecule has 0 unspecified atom stereocenters. The van der Waals surface area contributed by atoms with Gasteiger partial charge in [0.15, 0.2) is 0 Å². The number of amidine groups is 1. The number of carbonyl (C=O) groups is 1. The number of hydrogen-bond acceptors (Lipinski definition) is 4. The van der Waals surface area contributed by atoms with Crippen molar-refractivity contribution in [3.63, 3.8) is 0 Å². The number of aliphatic imine (C=N–C) groups is 1. The minimum absolute atomic E-state index is 0.0403. The topological polar surface area (TPSA) is 73.1 Å². The van der Waals surface area contributed by atoms with Gasteiger partial charge >= 0.3 is 5.97 Å². The molecule has 1 heterocycles. The zero-order valence-electron chi connectivity index (χ0n) is 6.73. The van der Waals surface area contributed by atoms with Crippen LogP contribution in [-0.4, -0.2) is 53.2 Å². The number of aliphatic hydroxyl groups is 1. The van der Waals surface area contributed by atoms with Gasteiger partial charge in [-0.15, -0.1) is 0 Å². The molecule has 1 rings (SSSR count). The van der Waals surface area contributed by atoms with Crippen molar-refractivity contribution in [1.29, 1.82) is 0 Å². The van der Waals surface area contributed by atoms with E-state index in [1.165, 1.54) is 0 Å². The van der Waals surface area contributed by atoms with Crippen molar-refractivity contribution in [3.8, 4) is 0 Å². The standard InChI is InChI=1S/C7H12N2O3/c10-4-3-9-2-1-8-6(9)5-7(11)12/h10H,1-5H2,(H,11,12).